The van der Waals surface area contributed by atoms with Crippen LogP contribution in [0.25, 0.3) is 0 Å². The Hall–Kier alpha value is -1.40. The molecule has 23 heavy (non-hydrogen) atoms. The van der Waals surface area contributed by atoms with Gasteiger partial charge in [-0.3, -0.25) is 4.68 Å². The van der Waals surface area contributed by atoms with E-state index in [0.717, 1.165) is 15.6 Å². The molecule has 8 heteroatoms. The van der Waals surface area contributed by atoms with Crippen LogP contribution in [0.3, 0.4) is 0 Å². The van der Waals surface area contributed by atoms with Crippen molar-refractivity contribution in [2.75, 3.05) is 5.32 Å². The number of aryl methyl sites for hydroxylation is 1. The summed E-state index contributed by atoms with van der Waals surface area (Å²) in [5.41, 5.74) is 0. The van der Waals surface area contributed by atoms with E-state index in [4.69, 9.17) is 34.8 Å². The van der Waals surface area contributed by atoms with Gasteiger partial charge >= 0.3 is 0 Å². The highest BCUT2D eigenvalue weighted by molar-refractivity contribution is 7.99. The molecular formula is C15H11Cl3N4S. The largest absolute Gasteiger partial charge is 0.324 e. The number of aromatic nitrogens is 3. The Morgan fingerprint density at radius 2 is 1.96 bits per heavy atom. The van der Waals surface area contributed by atoms with Crippen LogP contribution < -0.4 is 5.32 Å². The van der Waals surface area contributed by atoms with E-state index in [0.29, 0.717) is 21.0 Å². The molecule has 0 saturated carbocycles. The third-order valence-corrected chi connectivity index (χ3v) is 5.18. The minimum atomic E-state index is 0.391. The van der Waals surface area contributed by atoms with E-state index in [9.17, 15) is 0 Å². The summed E-state index contributed by atoms with van der Waals surface area (Å²) in [7, 11) is 1.81. The highest BCUT2D eigenvalue weighted by atomic mass is 35.5. The van der Waals surface area contributed by atoms with E-state index in [-0.39, 0.29) is 0 Å². The van der Waals surface area contributed by atoms with Crippen molar-refractivity contribution in [1.29, 1.82) is 0 Å². The highest BCUT2D eigenvalue weighted by Crippen LogP contribution is 2.42. The first kappa shape index (κ1) is 16.5. The fourth-order valence-electron chi connectivity index (χ4n) is 1.93. The molecule has 0 unspecified atom stereocenters. The monoisotopic (exact) mass is 384 g/mol. The number of hydrogen-bond acceptors (Lipinski definition) is 4. The summed E-state index contributed by atoms with van der Waals surface area (Å²) in [6, 6.07) is 10.9. The van der Waals surface area contributed by atoms with Gasteiger partial charge in [0.25, 0.3) is 0 Å². The van der Waals surface area contributed by atoms with E-state index in [2.05, 4.69) is 15.4 Å². The van der Waals surface area contributed by atoms with Crippen molar-refractivity contribution in [2.45, 2.75) is 9.79 Å². The molecule has 0 aliphatic carbocycles. The maximum atomic E-state index is 6.27. The lowest BCUT2D eigenvalue weighted by atomic mass is 10.4. The summed E-state index contributed by atoms with van der Waals surface area (Å²) < 4.78 is 1.67. The molecule has 2 heterocycles. The van der Waals surface area contributed by atoms with Gasteiger partial charge in [0.1, 0.15) is 11.6 Å². The van der Waals surface area contributed by atoms with Crippen molar-refractivity contribution in [3.8, 4) is 0 Å². The van der Waals surface area contributed by atoms with Gasteiger partial charge in [0.05, 0.1) is 9.92 Å². The van der Waals surface area contributed by atoms with E-state index in [1.165, 1.54) is 11.8 Å². The second-order valence-electron chi connectivity index (χ2n) is 4.61. The average molecular weight is 386 g/mol. The summed E-state index contributed by atoms with van der Waals surface area (Å²) in [6.07, 6.45) is 1.71. The molecule has 0 radical (unpaired) electrons. The number of anilines is 2. The van der Waals surface area contributed by atoms with Crippen LogP contribution in [0.2, 0.25) is 15.2 Å². The molecule has 0 bridgehead atoms. The first-order valence-corrected chi connectivity index (χ1v) is 8.53. The van der Waals surface area contributed by atoms with Gasteiger partial charge in [-0.1, -0.05) is 52.6 Å². The van der Waals surface area contributed by atoms with Crippen LogP contribution in [-0.2, 0) is 7.05 Å². The van der Waals surface area contributed by atoms with Gasteiger partial charge in [-0.2, -0.15) is 5.10 Å². The maximum Gasteiger partial charge on any atom is 0.167 e. The summed E-state index contributed by atoms with van der Waals surface area (Å²) >= 11 is 19.9. The first-order valence-electron chi connectivity index (χ1n) is 6.58. The van der Waals surface area contributed by atoms with Gasteiger partial charge in [0, 0.05) is 23.2 Å². The quantitative estimate of drug-likeness (QED) is 0.628. The second kappa shape index (κ2) is 7.01. The van der Waals surface area contributed by atoms with Crippen LogP contribution in [0.5, 0.6) is 0 Å². The minimum Gasteiger partial charge on any atom is -0.324 e. The maximum absolute atomic E-state index is 6.27. The summed E-state index contributed by atoms with van der Waals surface area (Å²) in [4.78, 5) is 5.86. The van der Waals surface area contributed by atoms with Crippen LogP contribution in [-0.4, -0.2) is 14.8 Å². The Kier molecular flexibility index (Phi) is 5.02. The molecule has 1 aromatic carbocycles. The predicted molar refractivity (Wildman–Crippen MR) is 96.3 cm³/mol. The molecule has 0 aliphatic rings. The third kappa shape index (κ3) is 3.75. The molecule has 118 valence electrons. The Morgan fingerprint density at radius 1 is 1.13 bits per heavy atom. The second-order valence-corrected chi connectivity index (χ2v) is 6.86. The molecule has 3 rings (SSSR count). The van der Waals surface area contributed by atoms with E-state index < -0.39 is 0 Å². The lowest BCUT2D eigenvalue weighted by Gasteiger charge is -2.09. The van der Waals surface area contributed by atoms with Gasteiger partial charge < -0.3 is 5.32 Å². The van der Waals surface area contributed by atoms with Crippen molar-refractivity contribution < 1.29 is 0 Å². The number of hydrogen-bond donors (Lipinski definition) is 1. The molecule has 2 aromatic heterocycles. The van der Waals surface area contributed by atoms with Crippen LogP contribution in [0, 0.1) is 0 Å². The van der Waals surface area contributed by atoms with Crippen LogP contribution in [0.15, 0.2) is 52.4 Å². The fourth-order valence-corrected chi connectivity index (χ4v) is 3.69. The van der Waals surface area contributed by atoms with Crippen LogP contribution >= 0.6 is 46.6 Å². The summed E-state index contributed by atoms with van der Waals surface area (Å²) in [5, 5.41) is 9.02. The van der Waals surface area contributed by atoms with Gasteiger partial charge in [-0.05, 0) is 30.3 Å². The van der Waals surface area contributed by atoms with E-state index in [1.807, 2.05) is 31.3 Å². The molecule has 0 aliphatic heterocycles. The molecule has 1 N–H and O–H groups in total. The zero-order valence-corrected chi connectivity index (χ0v) is 15.0. The number of halogens is 3. The number of benzene rings is 1. The summed E-state index contributed by atoms with van der Waals surface area (Å²) in [5.74, 6) is 1.45. The lowest BCUT2D eigenvalue weighted by Crippen LogP contribution is -2.01. The Morgan fingerprint density at radius 3 is 2.65 bits per heavy atom. The number of rotatable bonds is 4. The Labute approximate surface area is 152 Å². The fraction of sp³-hybridized carbons (Fsp3) is 0.0667. The topological polar surface area (TPSA) is 42.7 Å². The van der Waals surface area contributed by atoms with Gasteiger partial charge in [-0.25, -0.2) is 4.98 Å². The molecule has 0 amide bonds. The standard InChI is InChI=1S/C15H11Cl3N4S/c1-22-15(20-12-4-2-3-7-19-12)13(14(18)21-22)23-11-6-5-9(16)8-10(11)17/h2-8H,1H3,(H,19,20). The van der Waals surface area contributed by atoms with E-state index >= 15 is 0 Å². The van der Waals surface area contributed by atoms with Crippen molar-refractivity contribution in [2.24, 2.45) is 7.05 Å². The zero-order valence-electron chi connectivity index (χ0n) is 11.9. The predicted octanol–water partition coefficient (Wildman–Crippen LogP) is 5.67. The van der Waals surface area contributed by atoms with Crippen molar-refractivity contribution >= 4 is 58.2 Å². The molecular weight excluding hydrogens is 375 g/mol. The van der Waals surface area contributed by atoms with Crippen LogP contribution in [0.4, 0.5) is 11.6 Å². The number of nitrogens with zero attached hydrogens (tertiary/aromatic N) is 3. The molecule has 0 spiro atoms. The highest BCUT2D eigenvalue weighted by Gasteiger charge is 2.18. The molecule has 0 atom stereocenters. The van der Waals surface area contributed by atoms with Crippen molar-refractivity contribution in [3.05, 3.63) is 57.8 Å². The van der Waals surface area contributed by atoms with Gasteiger partial charge in [-0.15, -0.1) is 0 Å². The molecule has 4 nitrogen and oxygen atoms in total. The Bertz CT molecular complexity index is 836. The first-order chi connectivity index (χ1) is 11.0. The van der Waals surface area contributed by atoms with Gasteiger partial charge in [0.15, 0.2) is 5.15 Å². The molecule has 0 fully saturated rings. The smallest absolute Gasteiger partial charge is 0.167 e. The average Bonchev–Trinajstić information content (AvgIpc) is 2.78. The van der Waals surface area contributed by atoms with Crippen LogP contribution in [0.1, 0.15) is 0 Å². The SMILES string of the molecule is Cn1nc(Cl)c(Sc2ccc(Cl)cc2Cl)c1Nc1ccccn1. The van der Waals surface area contributed by atoms with Gasteiger partial charge in [0.2, 0.25) is 0 Å². The third-order valence-electron chi connectivity index (χ3n) is 2.98. The molecule has 0 saturated heterocycles. The molecule has 3 aromatic rings. The zero-order chi connectivity index (χ0) is 16.4. The normalized spacial score (nSPS) is 10.8. The van der Waals surface area contributed by atoms with E-state index in [1.54, 1.807) is 23.0 Å². The Balaban J connectivity index is 1.96. The lowest BCUT2D eigenvalue weighted by molar-refractivity contribution is 0.776. The number of pyridine rings is 1. The van der Waals surface area contributed by atoms with Crippen molar-refractivity contribution in [3.63, 3.8) is 0 Å². The van der Waals surface area contributed by atoms with Crippen molar-refractivity contribution in [1.82, 2.24) is 14.8 Å². The number of nitrogens with one attached hydrogen (secondary N) is 1. The minimum absolute atomic E-state index is 0.391. The summed E-state index contributed by atoms with van der Waals surface area (Å²) in [6.45, 7) is 0.